The third-order valence-electron chi connectivity index (χ3n) is 2.88. The van der Waals surface area contributed by atoms with Crippen LogP contribution in [0.4, 0.5) is 5.82 Å². The Morgan fingerprint density at radius 1 is 1.53 bits per heavy atom. The van der Waals surface area contributed by atoms with Gasteiger partial charge >= 0.3 is 5.97 Å². The van der Waals surface area contributed by atoms with Gasteiger partial charge in [0.1, 0.15) is 11.9 Å². The Morgan fingerprint density at radius 2 is 2.26 bits per heavy atom. The molecule has 0 aromatic carbocycles. The quantitative estimate of drug-likeness (QED) is 0.583. The van der Waals surface area contributed by atoms with Gasteiger partial charge in [0.15, 0.2) is 0 Å². The van der Waals surface area contributed by atoms with Gasteiger partial charge in [0.2, 0.25) is 11.8 Å². The number of esters is 1. The summed E-state index contributed by atoms with van der Waals surface area (Å²) in [5.41, 5.74) is 0.318. The molecule has 7 heteroatoms. The fourth-order valence-electron chi connectivity index (χ4n) is 1.81. The Balaban J connectivity index is 2.32. The van der Waals surface area contributed by atoms with E-state index in [9.17, 15) is 14.4 Å². The van der Waals surface area contributed by atoms with Crippen LogP contribution in [0.5, 0.6) is 0 Å². The summed E-state index contributed by atoms with van der Waals surface area (Å²) in [6.07, 6.45) is 1.44. The zero-order valence-corrected chi connectivity index (χ0v) is 10.5. The average molecular weight is 263 g/mol. The van der Waals surface area contributed by atoms with Crippen LogP contribution in [-0.4, -0.2) is 42.5 Å². The molecule has 0 aliphatic carbocycles. The van der Waals surface area contributed by atoms with Crippen molar-refractivity contribution in [2.75, 3.05) is 18.6 Å². The monoisotopic (exact) mass is 263 g/mol. The third-order valence-corrected chi connectivity index (χ3v) is 2.88. The van der Waals surface area contributed by atoms with E-state index in [0.717, 1.165) is 0 Å². The first-order chi connectivity index (χ1) is 9.02. The number of carbonyl (C=O) groups is 3. The second-order valence-electron chi connectivity index (χ2n) is 4.11. The highest BCUT2D eigenvalue weighted by molar-refractivity contribution is 6.04. The summed E-state index contributed by atoms with van der Waals surface area (Å²) in [6.45, 7) is 1.68. The molecular formula is C12H13N3O4. The van der Waals surface area contributed by atoms with Crippen molar-refractivity contribution < 1.29 is 19.1 Å². The molecule has 1 aromatic rings. The van der Waals surface area contributed by atoms with Crippen LogP contribution in [0.3, 0.4) is 0 Å². The highest BCUT2D eigenvalue weighted by atomic mass is 16.5. The van der Waals surface area contributed by atoms with E-state index < -0.39 is 17.9 Å². The first-order valence-electron chi connectivity index (χ1n) is 5.67. The van der Waals surface area contributed by atoms with Crippen LogP contribution in [-0.2, 0) is 14.3 Å². The highest BCUT2D eigenvalue weighted by Gasteiger charge is 2.31. The van der Waals surface area contributed by atoms with Crippen molar-refractivity contribution in [2.45, 2.75) is 13.0 Å². The van der Waals surface area contributed by atoms with Crippen molar-refractivity contribution in [2.24, 2.45) is 0 Å². The molecule has 1 aromatic heterocycles. The maximum Gasteiger partial charge on any atom is 0.338 e. The number of pyridine rings is 1. The second kappa shape index (κ2) is 5.05. The summed E-state index contributed by atoms with van der Waals surface area (Å²) in [4.78, 5) is 40.0. The molecule has 1 unspecified atom stereocenters. The molecule has 1 saturated heterocycles. The van der Waals surface area contributed by atoms with E-state index in [1.165, 1.54) is 30.3 Å². The number of hydrogen-bond donors (Lipinski definition) is 1. The van der Waals surface area contributed by atoms with Crippen molar-refractivity contribution in [3.05, 3.63) is 23.9 Å². The van der Waals surface area contributed by atoms with Crippen molar-refractivity contribution in [1.29, 1.82) is 0 Å². The molecule has 1 N–H and O–H groups in total. The lowest BCUT2D eigenvalue weighted by Gasteiger charge is -2.32. The van der Waals surface area contributed by atoms with Crippen LogP contribution in [0.15, 0.2) is 18.3 Å². The average Bonchev–Trinajstić information content (AvgIpc) is 2.42. The number of aromatic nitrogens is 1. The summed E-state index contributed by atoms with van der Waals surface area (Å²) in [6, 6.07) is 2.47. The molecule has 1 atom stereocenters. The number of hydrogen-bond acceptors (Lipinski definition) is 6. The van der Waals surface area contributed by atoms with Gasteiger partial charge in [-0.3, -0.25) is 14.9 Å². The molecule has 2 amide bonds. The zero-order valence-electron chi connectivity index (χ0n) is 10.5. The Hall–Kier alpha value is -2.44. The minimum absolute atomic E-state index is 0.0184. The number of nitrogens with zero attached hydrogens (tertiary/aromatic N) is 2. The standard InChI is InChI=1S/C12H13N3O4/c1-7-11(17)14-10(16)6-15(7)9-5-8(3-4-13-9)12(18)19-2/h3-5,7H,6H2,1-2H3,(H,14,16,17). The molecule has 1 aliphatic rings. The van der Waals surface area contributed by atoms with Gasteiger partial charge in [-0.15, -0.1) is 0 Å². The molecule has 7 nitrogen and oxygen atoms in total. The number of amides is 2. The number of piperazine rings is 1. The third kappa shape index (κ3) is 2.54. The van der Waals surface area contributed by atoms with Crippen LogP contribution < -0.4 is 10.2 Å². The predicted octanol–water partition coefficient (Wildman–Crippen LogP) is -0.281. The van der Waals surface area contributed by atoms with Crippen LogP contribution in [0.25, 0.3) is 0 Å². The van der Waals surface area contributed by atoms with Gasteiger partial charge in [-0.05, 0) is 19.1 Å². The SMILES string of the molecule is COC(=O)c1ccnc(N2CC(=O)NC(=O)C2C)c1. The molecule has 0 bridgehead atoms. The maximum absolute atomic E-state index is 11.6. The molecule has 1 fully saturated rings. The molecule has 0 spiro atoms. The van der Waals surface area contributed by atoms with E-state index in [0.29, 0.717) is 11.4 Å². The topological polar surface area (TPSA) is 88.6 Å². The maximum atomic E-state index is 11.6. The van der Waals surface area contributed by atoms with Crippen molar-refractivity contribution in [1.82, 2.24) is 10.3 Å². The highest BCUT2D eigenvalue weighted by Crippen LogP contribution is 2.18. The Labute approximate surface area is 109 Å². The summed E-state index contributed by atoms with van der Waals surface area (Å²) in [5, 5.41) is 2.24. The number of rotatable bonds is 2. The molecule has 19 heavy (non-hydrogen) atoms. The van der Waals surface area contributed by atoms with E-state index in [2.05, 4.69) is 15.0 Å². The van der Waals surface area contributed by atoms with Crippen molar-refractivity contribution >= 4 is 23.6 Å². The van der Waals surface area contributed by atoms with Gasteiger partial charge in [0.25, 0.3) is 0 Å². The lowest BCUT2D eigenvalue weighted by Crippen LogP contribution is -2.57. The Bertz CT molecular complexity index is 544. The van der Waals surface area contributed by atoms with Gasteiger partial charge in [-0.25, -0.2) is 9.78 Å². The zero-order chi connectivity index (χ0) is 14.0. The van der Waals surface area contributed by atoms with Gasteiger partial charge < -0.3 is 9.64 Å². The Morgan fingerprint density at radius 3 is 2.95 bits per heavy atom. The Kier molecular flexibility index (Phi) is 3.46. The number of methoxy groups -OCH3 is 1. The molecule has 100 valence electrons. The largest absolute Gasteiger partial charge is 0.465 e. The first-order valence-corrected chi connectivity index (χ1v) is 5.67. The van der Waals surface area contributed by atoms with Crippen LogP contribution in [0.2, 0.25) is 0 Å². The van der Waals surface area contributed by atoms with Crippen molar-refractivity contribution in [3.8, 4) is 0 Å². The number of ether oxygens (including phenoxy) is 1. The van der Waals surface area contributed by atoms with E-state index in [1.54, 1.807) is 6.92 Å². The first kappa shape index (κ1) is 13.0. The predicted molar refractivity (Wildman–Crippen MR) is 65.5 cm³/mol. The summed E-state index contributed by atoms with van der Waals surface area (Å²) >= 11 is 0. The number of imide groups is 1. The summed E-state index contributed by atoms with van der Waals surface area (Å²) < 4.78 is 4.62. The number of carbonyl (C=O) groups excluding carboxylic acids is 3. The van der Waals surface area contributed by atoms with Gasteiger partial charge in [0.05, 0.1) is 19.2 Å². The fraction of sp³-hybridized carbons (Fsp3) is 0.333. The number of nitrogens with one attached hydrogen (secondary N) is 1. The van der Waals surface area contributed by atoms with Crippen LogP contribution in [0, 0.1) is 0 Å². The van der Waals surface area contributed by atoms with Crippen LogP contribution >= 0.6 is 0 Å². The number of anilines is 1. The molecule has 0 saturated carbocycles. The molecule has 1 aliphatic heterocycles. The smallest absolute Gasteiger partial charge is 0.338 e. The minimum atomic E-state index is -0.530. The van der Waals surface area contributed by atoms with E-state index in [-0.39, 0.29) is 12.5 Å². The summed E-state index contributed by atoms with van der Waals surface area (Å²) in [7, 11) is 1.28. The van der Waals surface area contributed by atoms with Gasteiger partial charge in [-0.1, -0.05) is 0 Å². The van der Waals surface area contributed by atoms with Crippen molar-refractivity contribution in [3.63, 3.8) is 0 Å². The lowest BCUT2D eigenvalue weighted by molar-refractivity contribution is -0.132. The second-order valence-corrected chi connectivity index (χ2v) is 4.11. The van der Waals surface area contributed by atoms with Gasteiger partial charge in [0, 0.05) is 6.20 Å². The van der Waals surface area contributed by atoms with E-state index in [4.69, 9.17) is 0 Å². The van der Waals surface area contributed by atoms with Gasteiger partial charge in [-0.2, -0.15) is 0 Å². The molecule has 2 heterocycles. The summed E-state index contributed by atoms with van der Waals surface area (Å²) in [5.74, 6) is -0.891. The van der Waals surface area contributed by atoms with E-state index in [1.807, 2.05) is 0 Å². The molecule has 0 radical (unpaired) electrons. The fourth-order valence-corrected chi connectivity index (χ4v) is 1.81. The molecule has 2 rings (SSSR count). The van der Waals surface area contributed by atoms with Crippen LogP contribution in [0.1, 0.15) is 17.3 Å². The minimum Gasteiger partial charge on any atom is -0.465 e. The van der Waals surface area contributed by atoms with E-state index >= 15 is 0 Å². The lowest BCUT2D eigenvalue weighted by atomic mass is 10.2. The molecular weight excluding hydrogens is 250 g/mol. The normalized spacial score (nSPS) is 19.1.